The summed E-state index contributed by atoms with van der Waals surface area (Å²) in [5, 5.41) is 1.03. The summed E-state index contributed by atoms with van der Waals surface area (Å²) in [5.41, 5.74) is -0.404. The van der Waals surface area contributed by atoms with Gasteiger partial charge in [-0.05, 0) is 12.3 Å². The van der Waals surface area contributed by atoms with Crippen LogP contribution in [0.3, 0.4) is 0 Å². The number of aromatic nitrogens is 3. The highest BCUT2D eigenvalue weighted by Crippen LogP contribution is 2.12. The van der Waals surface area contributed by atoms with E-state index in [-0.39, 0.29) is 0 Å². The van der Waals surface area contributed by atoms with Crippen LogP contribution in [-0.2, 0) is 0 Å². The fraction of sp³-hybridized carbons (Fsp3) is 0.125. The third-order valence-electron chi connectivity index (χ3n) is 1.71. The highest BCUT2D eigenvalue weighted by atomic mass is 32.2. The second-order valence-corrected chi connectivity index (χ2v) is 3.38. The van der Waals surface area contributed by atoms with Gasteiger partial charge in [-0.2, -0.15) is 0 Å². The SMILES string of the molecule is CSc1ncc2cc(F)c(=O)[nH]c2n1. The standard InChI is InChI=1S/C8H6FN3OS/c1-14-8-10-3-4-2-5(9)7(13)11-6(4)12-8/h2-3H,1H3,(H,10,11,12,13). The lowest BCUT2D eigenvalue weighted by Gasteiger charge is -1.98. The van der Waals surface area contributed by atoms with Crippen molar-refractivity contribution < 1.29 is 4.39 Å². The van der Waals surface area contributed by atoms with Gasteiger partial charge < -0.3 is 4.98 Å². The lowest BCUT2D eigenvalue weighted by atomic mass is 10.3. The second-order valence-electron chi connectivity index (χ2n) is 2.61. The van der Waals surface area contributed by atoms with Crippen molar-refractivity contribution in [2.75, 3.05) is 6.26 Å². The number of thioether (sulfide) groups is 1. The number of fused-ring (bicyclic) bond motifs is 1. The van der Waals surface area contributed by atoms with Gasteiger partial charge in [-0.15, -0.1) is 0 Å². The zero-order valence-corrected chi connectivity index (χ0v) is 8.06. The largest absolute Gasteiger partial charge is 0.304 e. The number of pyridine rings is 1. The molecule has 72 valence electrons. The van der Waals surface area contributed by atoms with Crippen LogP contribution in [0, 0.1) is 5.82 Å². The van der Waals surface area contributed by atoms with Crippen molar-refractivity contribution in [3.63, 3.8) is 0 Å². The fourth-order valence-electron chi connectivity index (χ4n) is 1.05. The molecule has 0 aliphatic heterocycles. The Morgan fingerprint density at radius 2 is 2.36 bits per heavy atom. The van der Waals surface area contributed by atoms with E-state index in [2.05, 4.69) is 15.0 Å². The molecule has 0 bridgehead atoms. The minimum atomic E-state index is -0.821. The molecule has 4 nitrogen and oxygen atoms in total. The Morgan fingerprint density at radius 3 is 3.07 bits per heavy atom. The quantitative estimate of drug-likeness (QED) is 0.568. The Morgan fingerprint density at radius 1 is 1.57 bits per heavy atom. The zero-order chi connectivity index (χ0) is 10.1. The maximum atomic E-state index is 12.8. The van der Waals surface area contributed by atoms with Crippen molar-refractivity contribution in [1.29, 1.82) is 0 Å². The summed E-state index contributed by atoms with van der Waals surface area (Å²) in [6.07, 6.45) is 3.30. The third-order valence-corrected chi connectivity index (χ3v) is 2.27. The first-order chi connectivity index (χ1) is 6.70. The molecule has 0 amide bonds. The van der Waals surface area contributed by atoms with Gasteiger partial charge in [0, 0.05) is 11.6 Å². The number of nitrogens with zero attached hydrogens (tertiary/aromatic N) is 2. The third kappa shape index (κ3) is 1.48. The molecule has 6 heteroatoms. The predicted molar refractivity (Wildman–Crippen MR) is 51.9 cm³/mol. The first-order valence-electron chi connectivity index (χ1n) is 3.80. The Bertz CT molecular complexity index is 540. The average molecular weight is 211 g/mol. The van der Waals surface area contributed by atoms with Crippen LogP contribution < -0.4 is 5.56 Å². The van der Waals surface area contributed by atoms with E-state index in [9.17, 15) is 9.18 Å². The molecule has 0 spiro atoms. The highest BCUT2D eigenvalue weighted by molar-refractivity contribution is 7.98. The van der Waals surface area contributed by atoms with Crippen LogP contribution in [0.25, 0.3) is 11.0 Å². The molecule has 2 heterocycles. The Hall–Kier alpha value is -1.43. The van der Waals surface area contributed by atoms with Crippen molar-refractivity contribution in [1.82, 2.24) is 15.0 Å². The van der Waals surface area contributed by atoms with Crippen molar-refractivity contribution >= 4 is 22.8 Å². The molecule has 0 atom stereocenters. The molecule has 0 saturated heterocycles. The van der Waals surface area contributed by atoms with Crippen LogP contribution in [0.2, 0.25) is 0 Å². The molecule has 0 aliphatic carbocycles. The first-order valence-corrected chi connectivity index (χ1v) is 5.03. The molecule has 14 heavy (non-hydrogen) atoms. The van der Waals surface area contributed by atoms with E-state index in [1.165, 1.54) is 18.0 Å². The predicted octanol–water partition coefficient (Wildman–Crippen LogP) is 1.18. The van der Waals surface area contributed by atoms with Crippen molar-refractivity contribution in [2.45, 2.75) is 5.16 Å². The van der Waals surface area contributed by atoms with E-state index in [1.807, 2.05) is 6.26 Å². The van der Waals surface area contributed by atoms with Crippen molar-refractivity contribution in [3.05, 3.63) is 28.4 Å². The molecule has 2 aromatic heterocycles. The normalized spacial score (nSPS) is 10.7. The fourth-order valence-corrected chi connectivity index (χ4v) is 1.39. The van der Waals surface area contributed by atoms with Gasteiger partial charge in [0.2, 0.25) is 0 Å². The first kappa shape index (κ1) is 9.14. The lowest BCUT2D eigenvalue weighted by Crippen LogP contribution is -2.10. The van der Waals surface area contributed by atoms with Gasteiger partial charge in [0.25, 0.3) is 5.56 Å². The van der Waals surface area contributed by atoms with Crippen molar-refractivity contribution in [2.24, 2.45) is 0 Å². The Kier molecular flexibility index (Phi) is 2.20. The van der Waals surface area contributed by atoms with Gasteiger partial charge in [0.05, 0.1) is 0 Å². The van der Waals surface area contributed by atoms with E-state index >= 15 is 0 Å². The van der Waals surface area contributed by atoms with Crippen molar-refractivity contribution in [3.8, 4) is 0 Å². The number of halogens is 1. The number of H-pyrrole nitrogens is 1. The molecule has 1 N–H and O–H groups in total. The monoisotopic (exact) mass is 211 g/mol. The number of hydrogen-bond donors (Lipinski definition) is 1. The van der Waals surface area contributed by atoms with E-state index in [1.54, 1.807) is 0 Å². The van der Waals surface area contributed by atoms with Crippen LogP contribution in [0.5, 0.6) is 0 Å². The van der Waals surface area contributed by atoms with E-state index < -0.39 is 11.4 Å². The molecule has 2 rings (SSSR count). The number of aromatic amines is 1. The molecule has 0 saturated carbocycles. The molecular weight excluding hydrogens is 205 g/mol. The Labute approximate surface area is 82.6 Å². The summed E-state index contributed by atoms with van der Waals surface area (Å²) in [6, 6.07) is 1.12. The summed E-state index contributed by atoms with van der Waals surface area (Å²) in [6.45, 7) is 0. The summed E-state index contributed by atoms with van der Waals surface area (Å²) in [4.78, 5) is 21.3. The average Bonchev–Trinajstić information content (AvgIpc) is 2.19. The van der Waals surface area contributed by atoms with Crippen LogP contribution in [0.1, 0.15) is 0 Å². The minimum Gasteiger partial charge on any atom is -0.304 e. The molecule has 0 radical (unpaired) electrons. The van der Waals surface area contributed by atoms with Crippen LogP contribution in [0.15, 0.2) is 22.2 Å². The summed E-state index contributed by atoms with van der Waals surface area (Å²) in [5.74, 6) is -0.821. The van der Waals surface area contributed by atoms with Gasteiger partial charge in [-0.25, -0.2) is 14.4 Å². The van der Waals surface area contributed by atoms with Gasteiger partial charge >= 0.3 is 0 Å². The van der Waals surface area contributed by atoms with E-state index in [0.717, 1.165) is 6.07 Å². The van der Waals surface area contributed by atoms with E-state index in [0.29, 0.717) is 16.2 Å². The molecule has 0 aliphatic rings. The molecule has 0 unspecified atom stereocenters. The van der Waals surface area contributed by atoms with E-state index in [4.69, 9.17) is 0 Å². The maximum absolute atomic E-state index is 12.8. The maximum Gasteiger partial charge on any atom is 0.285 e. The lowest BCUT2D eigenvalue weighted by molar-refractivity contribution is 0.611. The summed E-state index contributed by atoms with van der Waals surface area (Å²) < 4.78 is 12.8. The van der Waals surface area contributed by atoms with Gasteiger partial charge in [0.1, 0.15) is 5.65 Å². The number of hydrogen-bond acceptors (Lipinski definition) is 4. The molecule has 2 aromatic rings. The smallest absolute Gasteiger partial charge is 0.285 e. The van der Waals surface area contributed by atoms with Crippen LogP contribution in [-0.4, -0.2) is 21.2 Å². The number of nitrogens with one attached hydrogen (secondary N) is 1. The zero-order valence-electron chi connectivity index (χ0n) is 7.24. The Balaban J connectivity index is 2.77. The van der Waals surface area contributed by atoms with Gasteiger partial charge in [0.15, 0.2) is 11.0 Å². The second kappa shape index (κ2) is 3.38. The minimum absolute atomic E-state index is 0.357. The van der Waals surface area contributed by atoms with Crippen LogP contribution in [0.4, 0.5) is 4.39 Å². The molecular formula is C8H6FN3OS. The van der Waals surface area contributed by atoms with Gasteiger partial charge in [-0.3, -0.25) is 4.79 Å². The van der Waals surface area contributed by atoms with Crippen LogP contribution >= 0.6 is 11.8 Å². The van der Waals surface area contributed by atoms with Gasteiger partial charge in [-0.1, -0.05) is 11.8 Å². The highest BCUT2D eigenvalue weighted by Gasteiger charge is 2.03. The summed E-state index contributed by atoms with van der Waals surface area (Å²) >= 11 is 1.36. The summed E-state index contributed by atoms with van der Waals surface area (Å²) in [7, 11) is 0. The molecule has 0 fully saturated rings. The number of rotatable bonds is 1. The topological polar surface area (TPSA) is 58.6 Å². The molecule has 0 aromatic carbocycles.